The average molecular weight is 356 g/mol. The Kier molecular flexibility index (Phi) is 5.98. The number of ether oxygens (including phenoxy) is 1. The maximum Gasteiger partial charge on any atom is 0.248 e. The lowest BCUT2D eigenvalue weighted by Gasteiger charge is -2.26. The van der Waals surface area contributed by atoms with E-state index in [0.717, 1.165) is 11.1 Å². The molecule has 1 saturated heterocycles. The number of nitrogens with one attached hydrogen (secondary N) is 1. The Morgan fingerprint density at radius 2 is 1.92 bits per heavy atom. The van der Waals surface area contributed by atoms with Crippen LogP contribution >= 0.6 is 11.3 Å². The second-order valence-electron chi connectivity index (χ2n) is 5.75. The largest absolute Gasteiger partial charge is 0.378 e. The van der Waals surface area contributed by atoms with Crippen molar-refractivity contribution in [3.05, 3.63) is 58.3 Å². The van der Waals surface area contributed by atoms with Gasteiger partial charge in [0.05, 0.1) is 19.6 Å². The third-order valence-electron chi connectivity index (χ3n) is 3.91. The Morgan fingerprint density at radius 1 is 1.16 bits per heavy atom. The van der Waals surface area contributed by atoms with Crippen LogP contribution in [0.2, 0.25) is 0 Å². The van der Waals surface area contributed by atoms with E-state index >= 15 is 0 Å². The van der Waals surface area contributed by atoms with Crippen molar-refractivity contribution in [1.82, 2.24) is 4.90 Å². The van der Waals surface area contributed by atoms with E-state index in [-0.39, 0.29) is 11.8 Å². The molecule has 3 rings (SSSR count). The lowest BCUT2D eigenvalue weighted by atomic mass is 10.1. The summed E-state index contributed by atoms with van der Waals surface area (Å²) >= 11 is 1.59. The molecule has 2 aromatic rings. The van der Waals surface area contributed by atoms with Gasteiger partial charge < -0.3 is 15.0 Å². The Hall–Kier alpha value is -2.44. The van der Waals surface area contributed by atoms with Crippen molar-refractivity contribution in [2.24, 2.45) is 0 Å². The van der Waals surface area contributed by atoms with Gasteiger partial charge in [-0.1, -0.05) is 12.1 Å². The molecule has 0 saturated carbocycles. The Balaban J connectivity index is 1.51. The van der Waals surface area contributed by atoms with Crippen molar-refractivity contribution in [3.63, 3.8) is 0 Å². The third-order valence-corrected chi connectivity index (χ3v) is 4.61. The zero-order chi connectivity index (χ0) is 17.5. The molecule has 1 aromatic heterocycles. The van der Waals surface area contributed by atoms with Gasteiger partial charge in [0.2, 0.25) is 11.8 Å². The van der Waals surface area contributed by atoms with E-state index in [1.807, 2.05) is 46.0 Å². The van der Waals surface area contributed by atoms with E-state index in [4.69, 9.17) is 4.74 Å². The van der Waals surface area contributed by atoms with Crippen molar-refractivity contribution in [2.75, 3.05) is 31.6 Å². The summed E-state index contributed by atoms with van der Waals surface area (Å²) in [5.74, 6) is -0.0675. The Morgan fingerprint density at radius 3 is 2.60 bits per heavy atom. The number of hydrogen-bond acceptors (Lipinski definition) is 4. The van der Waals surface area contributed by atoms with E-state index < -0.39 is 0 Å². The minimum absolute atomic E-state index is 0.110. The summed E-state index contributed by atoms with van der Waals surface area (Å²) in [5, 5.41) is 6.76. The van der Waals surface area contributed by atoms with E-state index in [2.05, 4.69) is 5.32 Å². The lowest BCUT2D eigenvalue weighted by molar-refractivity contribution is -0.134. The number of morpholine rings is 1. The van der Waals surface area contributed by atoms with E-state index in [1.165, 1.54) is 6.08 Å². The van der Waals surface area contributed by atoms with Crippen LogP contribution in [-0.4, -0.2) is 43.0 Å². The van der Waals surface area contributed by atoms with Gasteiger partial charge in [0.15, 0.2) is 0 Å². The number of benzene rings is 1. The van der Waals surface area contributed by atoms with Gasteiger partial charge in [0.25, 0.3) is 0 Å². The fourth-order valence-corrected chi connectivity index (χ4v) is 3.16. The normalized spacial score (nSPS) is 14.6. The SMILES string of the molecule is O=C(/C=C/c1ccsc1)Nc1ccc(CC(=O)N2CCOCC2)cc1. The highest BCUT2D eigenvalue weighted by Gasteiger charge is 2.16. The fraction of sp³-hybridized carbons (Fsp3) is 0.263. The second-order valence-corrected chi connectivity index (χ2v) is 6.53. The molecule has 2 amide bonds. The number of nitrogens with zero attached hydrogens (tertiary/aromatic N) is 1. The van der Waals surface area contributed by atoms with Gasteiger partial charge in [-0.3, -0.25) is 9.59 Å². The number of carbonyl (C=O) groups is 2. The van der Waals surface area contributed by atoms with Crippen LogP contribution in [0.4, 0.5) is 5.69 Å². The van der Waals surface area contributed by atoms with Crippen molar-refractivity contribution in [2.45, 2.75) is 6.42 Å². The van der Waals surface area contributed by atoms with Gasteiger partial charge >= 0.3 is 0 Å². The summed E-state index contributed by atoms with van der Waals surface area (Å²) in [7, 11) is 0. The van der Waals surface area contributed by atoms with Crippen LogP contribution in [0.3, 0.4) is 0 Å². The van der Waals surface area contributed by atoms with Crippen LogP contribution in [0, 0.1) is 0 Å². The molecule has 2 heterocycles. The van der Waals surface area contributed by atoms with E-state index in [0.29, 0.717) is 38.4 Å². The van der Waals surface area contributed by atoms with Crippen LogP contribution in [0.1, 0.15) is 11.1 Å². The molecule has 6 heteroatoms. The first-order chi connectivity index (χ1) is 12.2. The van der Waals surface area contributed by atoms with Gasteiger partial charge in [-0.2, -0.15) is 11.3 Å². The van der Waals surface area contributed by atoms with Gasteiger partial charge in [0.1, 0.15) is 0 Å². The topological polar surface area (TPSA) is 58.6 Å². The number of carbonyl (C=O) groups excluding carboxylic acids is 2. The molecule has 1 fully saturated rings. The van der Waals surface area contributed by atoms with Crippen molar-refractivity contribution >= 4 is 34.9 Å². The van der Waals surface area contributed by atoms with Crippen LogP contribution in [0.25, 0.3) is 6.08 Å². The van der Waals surface area contributed by atoms with Crippen LogP contribution < -0.4 is 5.32 Å². The molecule has 0 unspecified atom stereocenters. The molecule has 5 nitrogen and oxygen atoms in total. The van der Waals surface area contributed by atoms with Gasteiger partial charge in [0, 0.05) is 24.9 Å². The minimum atomic E-state index is -0.177. The van der Waals surface area contributed by atoms with Gasteiger partial charge in [-0.05, 0) is 46.2 Å². The molecule has 0 radical (unpaired) electrons. The first-order valence-corrected chi connectivity index (χ1v) is 9.11. The summed E-state index contributed by atoms with van der Waals surface area (Å²) < 4.78 is 5.26. The first kappa shape index (κ1) is 17.4. The molecule has 1 aromatic carbocycles. The lowest BCUT2D eigenvalue weighted by Crippen LogP contribution is -2.41. The molecule has 0 aliphatic carbocycles. The number of thiophene rings is 1. The average Bonchev–Trinajstić information content (AvgIpc) is 3.16. The smallest absolute Gasteiger partial charge is 0.248 e. The number of anilines is 1. The molecule has 1 aliphatic heterocycles. The Labute approximate surface area is 150 Å². The van der Waals surface area contributed by atoms with Crippen LogP contribution in [-0.2, 0) is 20.7 Å². The number of hydrogen-bond donors (Lipinski definition) is 1. The highest BCUT2D eigenvalue weighted by atomic mass is 32.1. The Bertz CT molecular complexity index is 733. The molecular formula is C19H20N2O3S. The molecule has 0 bridgehead atoms. The molecule has 0 atom stereocenters. The monoisotopic (exact) mass is 356 g/mol. The molecule has 130 valence electrons. The predicted octanol–water partition coefficient (Wildman–Crippen LogP) is 2.80. The first-order valence-electron chi connectivity index (χ1n) is 8.16. The van der Waals surface area contributed by atoms with Crippen LogP contribution in [0.5, 0.6) is 0 Å². The summed E-state index contributed by atoms with van der Waals surface area (Å²) in [6, 6.07) is 9.33. The zero-order valence-corrected chi connectivity index (χ0v) is 14.6. The summed E-state index contributed by atoms with van der Waals surface area (Å²) in [4.78, 5) is 26.0. The van der Waals surface area contributed by atoms with E-state index in [9.17, 15) is 9.59 Å². The molecular weight excluding hydrogens is 336 g/mol. The quantitative estimate of drug-likeness (QED) is 0.838. The van der Waals surface area contributed by atoms with Crippen molar-refractivity contribution < 1.29 is 14.3 Å². The zero-order valence-electron chi connectivity index (χ0n) is 13.8. The highest BCUT2D eigenvalue weighted by molar-refractivity contribution is 7.08. The van der Waals surface area contributed by atoms with Crippen molar-refractivity contribution in [1.29, 1.82) is 0 Å². The third kappa shape index (κ3) is 5.27. The molecule has 25 heavy (non-hydrogen) atoms. The van der Waals surface area contributed by atoms with Crippen molar-refractivity contribution in [3.8, 4) is 0 Å². The maximum absolute atomic E-state index is 12.2. The minimum Gasteiger partial charge on any atom is -0.378 e. The van der Waals surface area contributed by atoms with Gasteiger partial charge in [-0.15, -0.1) is 0 Å². The summed E-state index contributed by atoms with van der Waals surface area (Å²) in [5.41, 5.74) is 2.66. The number of amides is 2. The summed E-state index contributed by atoms with van der Waals surface area (Å²) in [6.07, 6.45) is 3.66. The summed E-state index contributed by atoms with van der Waals surface area (Å²) in [6.45, 7) is 2.53. The number of rotatable bonds is 5. The highest BCUT2D eigenvalue weighted by Crippen LogP contribution is 2.12. The maximum atomic E-state index is 12.2. The standard InChI is InChI=1S/C19H20N2O3S/c22-18(6-3-16-7-12-25-14-16)20-17-4-1-15(2-5-17)13-19(23)21-8-10-24-11-9-21/h1-7,12,14H,8-11,13H2,(H,20,22)/b6-3+. The van der Waals surface area contributed by atoms with Crippen LogP contribution in [0.15, 0.2) is 47.2 Å². The van der Waals surface area contributed by atoms with Gasteiger partial charge in [-0.25, -0.2) is 0 Å². The molecule has 1 N–H and O–H groups in total. The second kappa shape index (κ2) is 8.60. The fourth-order valence-electron chi connectivity index (χ4n) is 2.53. The predicted molar refractivity (Wildman–Crippen MR) is 99.5 cm³/mol. The molecule has 0 spiro atoms. The van der Waals surface area contributed by atoms with E-state index in [1.54, 1.807) is 17.4 Å². The molecule has 1 aliphatic rings.